The molecule has 1 amide bonds. The van der Waals surface area contributed by atoms with Crippen molar-refractivity contribution in [3.8, 4) is 0 Å². The second-order valence-electron chi connectivity index (χ2n) is 7.38. The van der Waals surface area contributed by atoms with Crippen molar-refractivity contribution >= 4 is 32.4 Å². The molecule has 0 atom stereocenters. The van der Waals surface area contributed by atoms with Crippen LogP contribution in [0.2, 0.25) is 0 Å². The molecule has 0 aliphatic carbocycles. The number of hydrogen-bond acceptors (Lipinski definition) is 6. The summed E-state index contributed by atoms with van der Waals surface area (Å²) in [5, 5.41) is 5.03. The van der Waals surface area contributed by atoms with Crippen molar-refractivity contribution in [2.24, 2.45) is 0 Å². The van der Waals surface area contributed by atoms with Crippen LogP contribution in [-0.2, 0) is 15.4 Å². The van der Waals surface area contributed by atoms with Crippen LogP contribution in [0.5, 0.6) is 0 Å². The molecule has 9 heteroatoms. The number of rotatable bonds is 4. The van der Waals surface area contributed by atoms with Crippen molar-refractivity contribution in [3.05, 3.63) is 28.7 Å². The van der Waals surface area contributed by atoms with Gasteiger partial charge < -0.3 is 4.42 Å². The molecule has 1 fully saturated rings. The number of furan rings is 1. The summed E-state index contributed by atoms with van der Waals surface area (Å²) in [5.74, 6) is -0.324. The lowest BCUT2D eigenvalue weighted by atomic mass is 9.93. The van der Waals surface area contributed by atoms with E-state index in [1.165, 1.54) is 21.7 Å². The molecule has 0 unspecified atom stereocenters. The van der Waals surface area contributed by atoms with E-state index < -0.39 is 15.9 Å². The zero-order chi connectivity index (χ0) is 19.1. The van der Waals surface area contributed by atoms with Gasteiger partial charge in [0.05, 0.1) is 5.69 Å². The van der Waals surface area contributed by atoms with Gasteiger partial charge in [0.15, 0.2) is 10.9 Å². The van der Waals surface area contributed by atoms with Crippen LogP contribution >= 0.6 is 11.3 Å². The Kier molecular flexibility index (Phi) is 4.98. The predicted molar refractivity (Wildman–Crippen MR) is 100 cm³/mol. The van der Waals surface area contributed by atoms with Gasteiger partial charge in [0.25, 0.3) is 5.91 Å². The number of hydrogen-bond donors (Lipinski definition) is 1. The summed E-state index contributed by atoms with van der Waals surface area (Å²) >= 11 is 1.33. The van der Waals surface area contributed by atoms with Crippen LogP contribution < -0.4 is 5.32 Å². The first kappa shape index (κ1) is 19.1. The highest BCUT2D eigenvalue weighted by atomic mass is 32.2. The van der Waals surface area contributed by atoms with Crippen molar-refractivity contribution in [2.45, 2.75) is 50.8 Å². The van der Waals surface area contributed by atoms with Crippen LogP contribution in [0.15, 0.2) is 20.8 Å². The molecular formula is C17H23N3O4S2. The average Bonchev–Trinajstić information content (AvgIpc) is 3.26. The topological polar surface area (TPSA) is 92.5 Å². The van der Waals surface area contributed by atoms with Crippen LogP contribution in [-0.4, -0.2) is 36.7 Å². The monoisotopic (exact) mass is 397 g/mol. The first-order chi connectivity index (χ1) is 12.1. The lowest BCUT2D eigenvalue weighted by molar-refractivity contribution is 0.0995. The molecule has 2 aromatic heterocycles. The molecule has 0 spiro atoms. The molecule has 0 bridgehead atoms. The zero-order valence-corrected chi connectivity index (χ0v) is 17.0. The van der Waals surface area contributed by atoms with Crippen molar-refractivity contribution < 1.29 is 17.6 Å². The number of amides is 1. The minimum atomic E-state index is -3.62. The number of aromatic nitrogens is 1. The van der Waals surface area contributed by atoms with Gasteiger partial charge in [-0.05, 0) is 19.8 Å². The van der Waals surface area contributed by atoms with E-state index >= 15 is 0 Å². The maximum Gasteiger partial charge on any atom is 0.293 e. The quantitative estimate of drug-likeness (QED) is 0.854. The largest absolute Gasteiger partial charge is 0.455 e. The maximum absolute atomic E-state index is 12.7. The molecule has 7 nitrogen and oxygen atoms in total. The summed E-state index contributed by atoms with van der Waals surface area (Å²) in [6.45, 7) is 8.68. The molecule has 0 saturated carbocycles. The Morgan fingerprint density at radius 3 is 2.54 bits per heavy atom. The van der Waals surface area contributed by atoms with E-state index in [1.54, 1.807) is 6.92 Å². The van der Waals surface area contributed by atoms with E-state index in [2.05, 4.69) is 10.3 Å². The van der Waals surface area contributed by atoms with Crippen LogP contribution in [0.4, 0.5) is 5.13 Å². The van der Waals surface area contributed by atoms with Gasteiger partial charge in [0, 0.05) is 30.0 Å². The van der Waals surface area contributed by atoms with Crippen molar-refractivity contribution in [2.75, 3.05) is 18.4 Å². The molecule has 0 radical (unpaired) electrons. The van der Waals surface area contributed by atoms with Crippen LogP contribution in [0.1, 0.15) is 55.6 Å². The first-order valence-corrected chi connectivity index (χ1v) is 10.8. The highest BCUT2D eigenvalue weighted by Gasteiger charge is 2.32. The summed E-state index contributed by atoms with van der Waals surface area (Å²) in [6.07, 6.45) is 1.70. The molecule has 2 aromatic rings. The predicted octanol–water partition coefficient (Wildman–Crippen LogP) is 3.38. The minimum absolute atomic E-state index is 0.0345. The molecule has 142 valence electrons. The number of carbonyl (C=O) groups is 1. The Hall–Kier alpha value is -1.71. The molecule has 3 rings (SSSR count). The number of nitrogens with zero attached hydrogens (tertiary/aromatic N) is 2. The van der Waals surface area contributed by atoms with Crippen molar-refractivity contribution in [1.29, 1.82) is 0 Å². The van der Waals surface area contributed by atoms with Crippen LogP contribution in [0.3, 0.4) is 0 Å². The number of thiazole rings is 1. The Labute approximate surface area is 157 Å². The molecule has 3 heterocycles. The summed E-state index contributed by atoms with van der Waals surface area (Å²) < 4.78 is 32.2. The average molecular weight is 398 g/mol. The van der Waals surface area contributed by atoms with E-state index in [1.807, 2.05) is 26.2 Å². The van der Waals surface area contributed by atoms with Crippen LogP contribution in [0, 0.1) is 6.92 Å². The smallest absolute Gasteiger partial charge is 0.293 e. The SMILES string of the molecule is Cc1oc(C(=O)Nc2nc(C(C)(C)C)cs2)cc1S(=O)(=O)N1CCCC1. The van der Waals surface area contributed by atoms with E-state index in [9.17, 15) is 13.2 Å². The Morgan fingerprint density at radius 1 is 1.31 bits per heavy atom. The summed E-state index contributed by atoms with van der Waals surface area (Å²) in [4.78, 5) is 16.9. The number of sulfonamides is 1. The maximum atomic E-state index is 12.7. The molecule has 26 heavy (non-hydrogen) atoms. The number of anilines is 1. The summed E-state index contributed by atoms with van der Waals surface area (Å²) in [5.41, 5.74) is 0.767. The van der Waals surface area contributed by atoms with Gasteiger partial charge in [-0.15, -0.1) is 11.3 Å². The second kappa shape index (κ2) is 6.79. The lowest BCUT2D eigenvalue weighted by Gasteiger charge is -2.14. The van der Waals surface area contributed by atoms with Gasteiger partial charge in [-0.3, -0.25) is 10.1 Å². The third kappa shape index (κ3) is 3.70. The van der Waals surface area contributed by atoms with Gasteiger partial charge >= 0.3 is 0 Å². The summed E-state index contributed by atoms with van der Waals surface area (Å²) in [6, 6.07) is 1.30. The van der Waals surface area contributed by atoms with Gasteiger partial charge in [-0.1, -0.05) is 20.8 Å². The fourth-order valence-corrected chi connectivity index (χ4v) is 5.35. The fraction of sp³-hybridized carbons (Fsp3) is 0.529. The first-order valence-electron chi connectivity index (χ1n) is 8.47. The van der Waals surface area contributed by atoms with Gasteiger partial charge in [-0.25, -0.2) is 13.4 Å². The number of nitrogens with one attached hydrogen (secondary N) is 1. The molecule has 1 aliphatic rings. The third-order valence-corrected chi connectivity index (χ3v) is 7.04. The molecule has 0 aromatic carbocycles. The Balaban J connectivity index is 1.80. The van der Waals surface area contributed by atoms with E-state index in [-0.39, 0.29) is 21.8 Å². The van der Waals surface area contributed by atoms with Gasteiger partial charge in [0.1, 0.15) is 10.7 Å². The highest BCUT2D eigenvalue weighted by Crippen LogP contribution is 2.29. The van der Waals surface area contributed by atoms with Gasteiger partial charge in [0.2, 0.25) is 10.0 Å². The van der Waals surface area contributed by atoms with E-state index in [4.69, 9.17) is 4.42 Å². The zero-order valence-electron chi connectivity index (χ0n) is 15.3. The number of aryl methyl sites for hydroxylation is 1. The molecule has 1 aliphatic heterocycles. The highest BCUT2D eigenvalue weighted by molar-refractivity contribution is 7.89. The molecule has 1 N–H and O–H groups in total. The third-order valence-electron chi connectivity index (χ3n) is 4.27. The van der Waals surface area contributed by atoms with Crippen molar-refractivity contribution in [1.82, 2.24) is 9.29 Å². The standard InChI is InChI=1S/C17H23N3O4S2/c1-11-13(26(22,23)20-7-5-6-8-20)9-12(24-11)15(21)19-16-18-14(10-25-16)17(2,3)4/h9-10H,5-8H2,1-4H3,(H,18,19,21). The normalized spacial score (nSPS) is 16.2. The minimum Gasteiger partial charge on any atom is -0.455 e. The number of carbonyl (C=O) groups excluding carboxylic acids is 1. The van der Waals surface area contributed by atoms with Crippen LogP contribution in [0.25, 0.3) is 0 Å². The fourth-order valence-electron chi connectivity index (χ4n) is 2.74. The lowest BCUT2D eigenvalue weighted by Crippen LogP contribution is -2.28. The van der Waals surface area contributed by atoms with E-state index in [0.29, 0.717) is 18.2 Å². The van der Waals surface area contributed by atoms with Gasteiger partial charge in [-0.2, -0.15) is 4.31 Å². The van der Waals surface area contributed by atoms with E-state index in [0.717, 1.165) is 18.5 Å². The Morgan fingerprint density at radius 2 is 1.96 bits per heavy atom. The Bertz CT molecular complexity index is 916. The molecule has 1 saturated heterocycles. The second-order valence-corrected chi connectivity index (χ2v) is 10.1. The molecular weight excluding hydrogens is 374 g/mol. The van der Waals surface area contributed by atoms with Crippen molar-refractivity contribution in [3.63, 3.8) is 0 Å². The summed E-state index contributed by atoms with van der Waals surface area (Å²) in [7, 11) is -3.62.